The van der Waals surface area contributed by atoms with Crippen LogP contribution in [0.2, 0.25) is 10.0 Å². The molecule has 0 fully saturated rings. The second kappa shape index (κ2) is 7.33. The summed E-state index contributed by atoms with van der Waals surface area (Å²) in [5.74, 6) is -0.164. The molecule has 0 bridgehead atoms. The molecule has 116 valence electrons. The molecule has 0 saturated carbocycles. The second-order valence-electron chi connectivity index (χ2n) is 4.13. The van der Waals surface area contributed by atoms with Gasteiger partial charge in [0, 0.05) is 5.56 Å². The number of nitrogens with one attached hydrogen (secondary N) is 1. The van der Waals surface area contributed by atoms with Gasteiger partial charge in [-0.2, -0.15) is 5.10 Å². The van der Waals surface area contributed by atoms with Gasteiger partial charge in [0.15, 0.2) is 4.84 Å². The van der Waals surface area contributed by atoms with Gasteiger partial charge in [0.25, 0.3) is 5.91 Å². The number of nitrogens with zero attached hydrogens (tertiary/aromatic N) is 2. The molecule has 1 aromatic heterocycles. The maximum atomic E-state index is 11.2. The minimum Gasteiger partial charge on any atom is -0.360 e. The van der Waals surface area contributed by atoms with Crippen molar-refractivity contribution >= 4 is 58.5 Å². The zero-order chi connectivity index (χ0) is 16.3. The summed E-state index contributed by atoms with van der Waals surface area (Å²) in [6.45, 7) is 1.69. The summed E-state index contributed by atoms with van der Waals surface area (Å²) in [4.78, 5) is 10.0. The summed E-state index contributed by atoms with van der Waals surface area (Å²) >= 11 is 23.1. The summed E-state index contributed by atoms with van der Waals surface area (Å²) in [6, 6.07) is 5.08. The van der Waals surface area contributed by atoms with Crippen LogP contribution in [0, 0.1) is 6.92 Å². The third kappa shape index (κ3) is 3.73. The third-order valence-corrected chi connectivity index (χ3v) is 3.70. The molecule has 1 heterocycles. The Morgan fingerprint density at radius 1 is 1.36 bits per heavy atom. The van der Waals surface area contributed by atoms with Crippen molar-refractivity contribution in [2.45, 2.75) is 11.8 Å². The van der Waals surface area contributed by atoms with Gasteiger partial charge in [0.05, 0.1) is 21.8 Å². The molecular formula is C13H9Cl4N3O2. The van der Waals surface area contributed by atoms with Crippen LogP contribution in [0.4, 0.5) is 0 Å². The van der Waals surface area contributed by atoms with Crippen molar-refractivity contribution in [2.24, 2.45) is 5.10 Å². The highest BCUT2D eigenvalue weighted by Crippen LogP contribution is 2.36. The van der Waals surface area contributed by atoms with Crippen LogP contribution in [0.25, 0.3) is 11.3 Å². The summed E-state index contributed by atoms with van der Waals surface area (Å²) in [5.41, 5.74) is 3.64. The van der Waals surface area contributed by atoms with Crippen molar-refractivity contribution < 1.29 is 9.32 Å². The first-order valence-corrected chi connectivity index (χ1v) is 7.56. The largest absolute Gasteiger partial charge is 0.360 e. The molecule has 0 unspecified atom stereocenters. The van der Waals surface area contributed by atoms with E-state index in [4.69, 9.17) is 50.9 Å². The molecule has 0 aliphatic heterocycles. The van der Waals surface area contributed by atoms with E-state index in [2.05, 4.69) is 15.7 Å². The molecule has 0 atom stereocenters. The minimum atomic E-state index is -1.21. The van der Waals surface area contributed by atoms with Crippen LogP contribution in [0.5, 0.6) is 0 Å². The molecular weight excluding hydrogens is 372 g/mol. The van der Waals surface area contributed by atoms with E-state index < -0.39 is 10.7 Å². The average molecular weight is 381 g/mol. The number of hydrazone groups is 1. The summed E-state index contributed by atoms with van der Waals surface area (Å²) < 4.78 is 5.14. The number of carbonyl (C=O) groups excluding carboxylic acids is 1. The number of rotatable bonds is 4. The average Bonchev–Trinajstić information content (AvgIpc) is 2.80. The van der Waals surface area contributed by atoms with Gasteiger partial charge in [-0.3, -0.25) is 4.79 Å². The van der Waals surface area contributed by atoms with Gasteiger partial charge in [-0.1, -0.05) is 57.6 Å². The molecule has 2 aromatic rings. The van der Waals surface area contributed by atoms with Crippen LogP contribution in [-0.4, -0.2) is 22.1 Å². The van der Waals surface area contributed by atoms with Crippen molar-refractivity contribution in [2.75, 3.05) is 0 Å². The number of benzene rings is 1. The first kappa shape index (κ1) is 17.1. The molecule has 0 radical (unpaired) electrons. The van der Waals surface area contributed by atoms with Crippen molar-refractivity contribution in [1.82, 2.24) is 10.6 Å². The molecule has 1 aromatic carbocycles. The topological polar surface area (TPSA) is 67.5 Å². The number of aromatic nitrogens is 1. The zero-order valence-corrected chi connectivity index (χ0v) is 14.1. The predicted molar refractivity (Wildman–Crippen MR) is 87.9 cm³/mol. The van der Waals surface area contributed by atoms with Crippen molar-refractivity contribution in [3.63, 3.8) is 0 Å². The molecule has 2 rings (SSSR count). The zero-order valence-electron chi connectivity index (χ0n) is 11.1. The molecule has 0 saturated heterocycles. The SMILES string of the molecule is Cc1onc(-c2c(Cl)cccc2Cl)c1C=NNC(=O)C(Cl)Cl. The number of aryl methyl sites for hydroxylation is 1. The lowest BCUT2D eigenvalue weighted by Crippen LogP contribution is -2.23. The molecule has 5 nitrogen and oxygen atoms in total. The van der Waals surface area contributed by atoms with Crippen molar-refractivity contribution in [3.05, 3.63) is 39.6 Å². The number of alkyl halides is 2. The number of halogens is 4. The highest BCUT2D eigenvalue weighted by molar-refractivity contribution is 6.53. The summed E-state index contributed by atoms with van der Waals surface area (Å²) in [5, 5.41) is 8.54. The molecule has 0 aliphatic carbocycles. The van der Waals surface area contributed by atoms with Crippen LogP contribution in [-0.2, 0) is 4.79 Å². The Hall–Kier alpha value is -1.27. The number of amides is 1. The van der Waals surface area contributed by atoms with E-state index in [1.807, 2.05) is 0 Å². The molecule has 1 amide bonds. The Morgan fingerprint density at radius 2 is 2.00 bits per heavy atom. The standard InChI is InChI=1S/C13H9Cl4N3O2/c1-6-7(5-18-19-13(21)12(16)17)11(20-22-6)10-8(14)3-2-4-9(10)15/h2-5,12H,1H3,(H,19,21). The predicted octanol–water partition coefficient (Wildman–Crippen LogP) is 4.21. The molecule has 22 heavy (non-hydrogen) atoms. The smallest absolute Gasteiger partial charge is 0.273 e. The van der Waals surface area contributed by atoms with Crippen molar-refractivity contribution in [3.8, 4) is 11.3 Å². The van der Waals surface area contributed by atoms with Gasteiger partial charge in [-0.15, -0.1) is 0 Å². The molecule has 9 heteroatoms. The first-order chi connectivity index (χ1) is 10.4. The Balaban J connectivity index is 2.37. The van der Waals surface area contributed by atoms with E-state index in [1.165, 1.54) is 6.21 Å². The van der Waals surface area contributed by atoms with E-state index >= 15 is 0 Å². The Kier molecular flexibility index (Phi) is 5.69. The van der Waals surface area contributed by atoms with Gasteiger partial charge in [-0.25, -0.2) is 5.43 Å². The third-order valence-electron chi connectivity index (χ3n) is 2.67. The number of hydrogen-bond acceptors (Lipinski definition) is 4. The monoisotopic (exact) mass is 379 g/mol. The summed E-state index contributed by atoms with van der Waals surface area (Å²) in [6.07, 6.45) is 1.36. The van der Waals surface area contributed by atoms with Crippen LogP contribution in [0.1, 0.15) is 11.3 Å². The van der Waals surface area contributed by atoms with E-state index in [9.17, 15) is 4.79 Å². The van der Waals surface area contributed by atoms with Gasteiger partial charge in [-0.05, 0) is 19.1 Å². The minimum absolute atomic E-state index is 0.416. The van der Waals surface area contributed by atoms with Crippen LogP contribution < -0.4 is 5.43 Å². The van der Waals surface area contributed by atoms with Gasteiger partial charge in [0.1, 0.15) is 11.5 Å². The van der Waals surface area contributed by atoms with Crippen LogP contribution >= 0.6 is 46.4 Å². The molecule has 0 spiro atoms. The van der Waals surface area contributed by atoms with Crippen LogP contribution in [0.3, 0.4) is 0 Å². The first-order valence-electron chi connectivity index (χ1n) is 5.93. The van der Waals surface area contributed by atoms with E-state index in [1.54, 1.807) is 25.1 Å². The lowest BCUT2D eigenvalue weighted by atomic mass is 10.1. The normalized spacial score (nSPS) is 11.4. The number of hydrogen-bond donors (Lipinski definition) is 1. The molecule has 0 aliphatic rings. The molecule has 1 N–H and O–H groups in total. The van der Waals surface area contributed by atoms with E-state index in [0.29, 0.717) is 32.6 Å². The Labute approximate surface area is 146 Å². The van der Waals surface area contributed by atoms with Crippen molar-refractivity contribution in [1.29, 1.82) is 0 Å². The van der Waals surface area contributed by atoms with Gasteiger partial charge < -0.3 is 4.52 Å². The lowest BCUT2D eigenvalue weighted by Gasteiger charge is -2.04. The Bertz CT molecular complexity index is 708. The second-order valence-corrected chi connectivity index (χ2v) is 6.04. The highest BCUT2D eigenvalue weighted by atomic mass is 35.5. The summed E-state index contributed by atoms with van der Waals surface area (Å²) in [7, 11) is 0. The van der Waals surface area contributed by atoms with E-state index in [-0.39, 0.29) is 0 Å². The highest BCUT2D eigenvalue weighted by Gasteiger charge is 2.18. The lowest BCUT2D eigenvalue weighted by molar-refractivity contribution is -0.119. The van der Waals surface area contributed by atoms with Crippen LogP contribution in [0.15, 0.2) is 27.8 Å². The fourth-order valence-corrected chi connectivity index (χ4v) is 2.32. The Morgan fingerprint density at radius 3 is 2.59 bits per heavy atom. The fraction of sp³-hybridized carbons (Fsp3) is 0.154. The maximum Gasteiger partial charge on any atom is 0.273 e. The fourth-order valence-electron chi connectivity index (χ4n) is 1.64. The number of carbonyl (C=O) groups is 1. The maximum absolute atomic E-state index is 11.2. The van der Waals surface area contributed by atoms with Gasteiger partial charge in [0.2, 0.25) is 0 Å². The quantitative estimate of drug-likeness (QED) is 0.490. The van der Waals surface area contributed by atoms with Gasteiger partial charge >= 0.3 is 0 Å². The van der Waals surface area contributed by atoms with E-state index in [0.717, 1.165) is 0 Å².